The largest absolute Gasteiger partial charge is 0.346 e. The van der Waals surface area contributed by atoms with Crippen molar-refractivity contribution in [3.05, 3.63) is 0 Å². The van der Waals surface area contributed by atoms with E-state index < -0.39 is 6.04 Å². The average molecular weight is 320 g/mol. The first-order valence-electron chi connectivity index (χ1n) is 7.76. The number of carbonyl (C=O) groups excluding carboxylic acids is 2. The minimum Gasteiger partial charge on any atom is -0.346 e. The molecule has 1 aliphatic heterocycles. The van der Waals surface area contributed by atoms with E-state index in [9.17, 15) is 9.59 Å². The lowest BCUT2D eigenvalue weighted by Gasteiger charge is -2.33. The van der Waals surface area contributed by atoms with Gasteiger partial charge in [0.2, 0.25) is 11.8 Å². The van der Waals surface area contributed by atoms with E-state index in [1.807, 2.05) is 18.7 Å². The van der Waals surface area contributed by atoms with Gasteiger partial charge in [0.1, 0.15) is 0 Å². The van der Waals surface area contributed by atoms with Crippen LogP contribution in [-0.4, -0.2) is 42.4 Å². The van der Waals surface area contributed by atoms with Crippen LogP contribution in [0.4, 0.5) is 0 Å². The Labute approximate surface area is 134 Å². The molecule has 3 N–H and O–H groups in total. The monoisotopic (exact) mass is 319 g/mol. The fraction of sp³-hybridized carbons (Fsp3) is 0.867. The van der Waals surface area contributed by atoms with Gasteiger partial charge in [0.15, 0.2) is 0 Å². The van der Waals surface area contributed by atoms with Gasteiger partial charge in [0, 0.05) is 13.1 Å². The molecule has 0 spiro atoms. The van der Waals surface area contributed by atoms with Crippen LogP contribution in [0, 0.1) is 11.8 Å². The van der Waals surface area contributed by atoms with E-state index in [0.29, 0.717) is 5.92 Å². The number of nitrogens with zero attached hydrogens (tertiary/aromatic N) is 1. The molecular formula is C15H30ClN3O2. The second-order valence-corrected chi connectivity index (χ2v) is 6.12. The summed E-state index contributed by atoms with van der Waals surface area (Å²) in [6.45, 7) is 7.68. The summed E-state index contributed by atoms with van der Waals surface area (Å²) < 4.78 is 0. The van der Waals surface area contributed by atoms with Gasteiger partial charge in [0.05, 0.1) is 12.6 Å². The van der Waals surface area contributed by atoms with E-state index in [4.69, 9.17) is 5.73 Å². The van der Waals surface area contributed by atoms with Crippen molar-refractivity contribution in [2.75, 3.05) is 19.6 Å². The molecule has 0 aromatic rings. The highest BCUT2D eigenvalue weighted by atomic mass is 35.5. The number of likely N-dealkylation sites (tertiary alicyclic amines) is 1. The van der Waals surface area contributed by atoms with Gasteiger partial charge >= 0.3 is 0 Å². The van der Waals surface area contributed by atoms with E-state index in [0.717, 1.165) is 25.9 Å². The smallest absolute Gasteiger partial charge is 0.241 e. The fourth-order valence-corrected chi connectivity index (χ4v) is 2.63. The normalized spacial score (nSPS) is 19.9. The molecule has 0 aromatic heterocycles. The number of carbonyl (C=O) groups is 2. The lowest BCUT2D eigenvalue weighted by Crippen LogP contribution is -2.49. The molecule has 2 atom stereocenters. The minimum absolute atomic E-state index is 0. The van der Waals surface area contributed by atoms with Crippen LogP contribution in [0.1, 0.15) is 46.5 Å². The zero-order valence-corrected chi connectivity index (χ0v) is 14.2. The summed E-state index contributed by atoms with van der Waals surface area (Å²) in [5, 5.41) is 2.65. The molecule has 124 valence electrons. The Bertz CT molecular complexity index is 335. The van der Waals surface area contributed by atoms with Crippen molar-refractivity contribution < 1.29 is 9.59 Å². The van der Waals surface area contributed by atoms with E-state index in [1.165, 1.54) is 12.8 Å². The molecule has 1 fully saturated rings. The van der Waals surface area contributed by atoms with Crippen molar-refractivity contribution in [2.45, 2.75) is 52.5 Å². The third-order valence-corrected chi connectivity index (χ3v) is 4.00. The lowest BCUT2D eigenvalue weighted by atomic mass is 9.94. The summed E-state index contributed by atoms with van der Waals surface area (Å²) in [6, 6.07) is -0.544. The molecule has 6 heteroatoms. The molecule has 21 heavy (non-hydrogen) atoms. The van der Waals surface area contributed by atoms with Crippen LogP contribution < -0.4 is 11.1 Å². The highest BCUT2D eigenvalue weighted by Crippen LogP contribution is 2.20. The van der Waals surface area contributed by atoms with Crippen molar-refractivity contribution in [1.82, 2.24) is 10.2 Å². The zero-order chi connectivity index (χ0) is 15.1. The summed E-state index contributed by atoms with van der Waals surface area (Å²) >= 11 is 0. The highest BCUT2D eigenvalue weighted by molar-refractivity contribution is 5.87. The molecular weight excluding hydrogens is 290 g/mol. The first kappa shape index (κ1) is 20.2. The topological polar surface area (TPSA) is 75.4 Å². The van der Waals surface area contributed by atoms with E-state index in [-0.39, 0.29) is 36.7 Å². The van der Waals surface area contributed by atoms with Crippen molar-refractivity contribution in [3.63, 3.8) is 0 Å². The maximum atomic E-state index is 12.1. The third kappa shape index (κ3) is 6.66. The molecule has 0 saturated carbocycles. The van der Waals surface area contributed by atoms with Crippen LogP contribution >= 0.6 is 12.4 Å². The number of hydrogen-bond acceptors (Lipinski definition) is 3. The zero-order valence-electron chi connectivity index (χ0n) is 13.4. The molecule has 1 saturated heterocycles. The van der Waals surface area contributed by atoms with Gasteiger partial charge in [-0.3, -0.25) is 9.59 Å². The van der Waals surface area contributed by atoms with Crippen molar-refractivity contribution >= 4 is 24.2 Å². The molecule has 0 bridgehead atoms. The molecule has 2 amide bonds. The summed E-state index contributed by atoms with van der Waals surface area (Å²) in [6.07, 6.45) is 4.61. The minimum atomic E-state index is -0.544. The Hall–Kier alpha value is -0.810. The summed E-state index contributed by atoms with van der Waals surface area (Å²) in [5.74, 6) is 0.464. The average Bonchev–Trinajstić information content (AvgIpc) is 2.44. The Balaban J connectivity index is 0.00000400. The molecule has 1 aliphatic rings. The Morgan fingerprint density at radius 1 is 1.38 bits per heavy atom. The first-order chi connectivity index (χ1) is 9.45. The first-order valence-corrected chi connectivity index (χ1v) is 7.76. The van der Waals surface area contributed by atoms with Crippen LogP contribution in [-0.2, 0) is 9.59 Å². The highest BCUT2D eigenvalue weighted by Gasteiger charge is 2.24. The molecule has 1 heterocycles. The van der Waals surface area contributed by atoms with Gasteiger partial charge in [0.25, 0.3) is 0 Å². The molecule has 0 aromatic carbocycles. The third-order valence-electron chi connectivity index (χ3n) is 4.00. The van der Waals surface area contributed by atoms with Crippen LogP contribution in [0.3, 0.4) is 0 Å². The Kier molecular flexibility index (Phi) is 9.62. The van der Waals surface area contributed by atoms with Crippen LogP contribution in [0.15, 0.2) is 0 Å². The number of halogens is 1. The van der Waals surface area contributed by atoms with Crippen LogP contribution in [0.25, 0.3) is 0 Å². The van der Waals surface area contributed by atoms with Crippen molar-refractivity contribution in [3.8, 4) is 0 Å². The second-order valence-electron chi connectivity index (χ2n) is 6.12. The predicted molar refractivity (Wildman–Crippen MR) is 87.3 cm³/mol. The molecule has 0 aliphatic carbocycles. The molecule has 5 nitrogen and oxygen atoms in total. The molecule has 1 rings (SSSR count). The summed E-state index contributed by atoms with van der Waals surface area (Å²) in [5.41, 5.74) is 5.75. The van der Waals surface area contributed by atoms with Gasteiger partial charge in [-0.05, 0) is 31.1 Å². The summed E-state index contributed by atoms with van der Waals surface area (Å²) in [7, 11) is 0. The van der Waals surface area contributed by atoms with Gasteiger partial charge in [-0.2, -0.15) is 0 Å². The van der Waals surface area contributed by atoms with E-state index in [1.54, 1.807) is 0 Å². The quantitative estimate of drug-likeness (QED) is 0.780. The Morgan fingerprint density at radius 3 is 2.62 bits per heavy atom. The second kappa shape index (κ2) is 10.0. The number of piperidine rings is 1. The van der Waals surface area contributed by atoms with Crippen LogP contribution in [0.2, 0.25) is 0 Å². The fourth-order valence-electron chi connectivity index (χ4n) is 2.63. The van der Waals surface area contributed by atoms with Gasteiger partial charge in [-0.25, -0.2) is 0 Å². The van der Waals surface area contributed by atoms with Crippen molar-refractivity contribution in [1.29, 1.82) is 0 Å². The standard InChI is InChI=1S/C15H29N3O2.ClH/c1-4-6-12-7-5-8-18(10-12)13(19)9-17-15(20)14(16)11(2)3;/h11-12,14H,4-10,16H2,1-3H3,(H,17,20);1H/t12?,14-;/m0./s1. The maximum Gasteiger partial charge on any atom is 0.241 e. The number of hydrogen-bond donors (Lipinski definition) is 2. The van der Waals surface area contributed by atoms with E-state index in [2.05, 4.69) is 12.2 Å². The predicted octanol–water partition coefficient (Wildman–Crippen LogP) is 1.55. The SMILES string of the molecule is CCCC1CCCN(C(=O)CNC(=O)[C@@H](N)C(C)C)C1.Cl. The van der Waals surface area contributed by atoms with Gasteiger partial charge in [-0.15, -0.1) is 12.4 Å². The lowest BCUT2D eigenvalue weighted by molar-refractivity contribution is -0.134. The Morgan fingerprint density at radius 2 is 2.05 bits per heavy atom. The van der Waals surface area contributed by atoms with E-state index >= 15 is 0 Å². The number of rotatable bonds is 6. The number of nitrogens with two attached hydrogens (primary N) is 1. The summed E-state index contributed by atoms with van der Waals surface area (Å²) in [4.78, 5) is 25.7. The number of nitrogens with one attached hydrogen (secondary N) is 1. The molecule has 1 unspecified atom stereocenters. The van der Waals surface area contributed by atoms with Gasteiger partial charge < -0.3 is 16.0 Å². The van der Waals surface area contributed by atoms with Crippen LogP contribution in [0.5, 0.6) is 0 Å². The van der Waals surface area contributed by atoms with Crippen molar-refractivity contribution in [2.24, 2.45) is 17.6 Å². The maximum absolute atomic E-state index is 12.1. The molecule has 0 radical (unpaired) electrons. The number of amides is 2. The van der Waals surface area contributed by atoms with Gasteiger partial charge in [-0.1, -0.05) is 27.2 Å².